The zero-order valence-electron chi connectivity index (χ0n) is 13.8. The van der Waals surface area contributed by atoms with Crippen LogP contribution in [0.4, 0.5) is 5.13 Å². The van der Waals surface area contributed by atoms with Crippen LogP contribution in [0.5, 0.6) is 0 Å². The molecule has 0 aliphatic carbocycles. The lowest BCUT2D eigenvalue weighted by atomic mass is 10.1. The summed E-state index contributed by atoms with van der Waals surface area (Å²) in [5, 5.41) is 0.947. The van der Waals surface area contributed by atoms with Crippen LogP contribution in [-0.2, 0) is 0 Å². The van der Waals surface area contributed by atoms with Crippen molar-refractivity contribution in [3.8, 4) is 0 Å². The first kappa shape index (κ1) is 16.0. The second kappa shape index (κ2) is 6.70. The molecule has 0 spiro atoms. The van der Waals surface area contributed by atoms with E-state index in [-0.39, 0.29) is 11.9 Å². The third-order valence-corrected chi connectivity index (χ3v) is 5.04. The molecule has 3 rings (SSSR count). The molecule has 23 heavy (non-hydrogen) atoms. The van der Waals surface area contributed by atoms with E-state index in [9.17, 15) is 4.79 Å². The molecule has 0 bridgehead atoms. The number of nitrogens with zero attached hydrogens (tertiary/aromatic N) is 4. The predicted octanol–water partition coefficient (Wildman–Crippen LogP) is 2.88. The van der Waals surface area contributed by atoms with Crippen molar-refractivity contribution >= 4 is 22.6 Å². The number of aromatic nitrogens is 2. The van der Waals surface area contributed by atoms with Gasteiger partial charge in [0.1, 0.15) is 5.82 Å². The number of rotatable bonds is 5. The summed E-state index contributed by atoms with van der Waals surface area (Å²) < 4.78 is 9.65. The van der Waals surface area contributed by atoms with E-state index in [0.717, 1.165) is 49.0 Å². The number of amides is 1. The Kier molecular flexibility index (Phi) is 4.66. The molecule has 0 radical (unpaired) electrons. The third-order valence-electron chi connectivity index (χ3n) is 4.17. The maximum atomic E-state index is 12.8. The summed E-state index contributed by atoms with van der Waals surface area (Å²) >= 11 is 1.43. The molecule has 1 atom stereocenters. The summed E-state index contributed by atoms with van der Waals surface area (Å²) in [6.45, 7) is 8.36. The average molecular weight is 334 g/mol. The van der Waals surface area contributed by atoms with Crippen LogP contribution in [0.3, 0.4) is 0 Å². The quantitative estimate of drug-likeness (QED) is 0.841. The minimum atomic E-state index is -0.00496. The van der Waals surface area contributed by atoms with Crippen LogP contribution in [0, 0.1) is 13.8 Å². The number of anilines is 1. The number of carbonyl (C=O) groups is 1. The standard InChI is InChI=1S/C16H22N4O2S/c1-4-7-20(15(21)14-11(2)6-9-22-14)13-5-8-19(10-13)16-17-12(3)18-23-16/h6,9,13H,4-5,7-8,10H2,1-3H3. The fraction of sp³-hybridized carbons (Fsp3) is 0.562. The highest BCUT2D eigenvalue weighted by Crippen LogP contribution is 2.26. The van der Waals surface area contributed by atoms with Crippen molar-refractivity contribution in [1.82, 2.24) is 14.3 Å². The molecule has 1 fully saturated rings. The van der Waals surface area contributed by atoms with Crippen molar-refractivity contribution < 1.29 is 9.21 Å². The van der Waals surface area contributed by atoms with Crippen LogP contribution >= 0.6 is 11.5 Å². The van der Waals surface area contributed by atoms with Gasteiger partial charge >= 0.3 is 0 Å². The van der Waals surface area contributed by atoms with E-state index in [1.165, 1.54) is 11.5 Å². The molecule has 6 nitrogen and oxygen atoms in total. The molecular formula is C16H22N4O2S. The lowest BCUT2D eigenvalue weighted by molar-refractivity contribution is 0.0660. The molecule has 1 aliphatic rings. The first-order chi connectivity index (χ1) is 11.1. The maximum absolute atomic E-state index is 12.8. The minimum absolute atomic E-state index is 0.00496. The number of furan rings is 1. The lowest BCUT2D eigenvalue weighted by Crippen LogP contribution is -2.42. The Hall–Kier alpha value is -1.89. The topological polar surface area (TPSA) is 62.5 Å². The van der Waals surface area contributed by atoms with Crippen molar-refractivity contribution in [2.45, 2.75) is 39.7 Å². The van der Waals surface area contributed by atoms with Crippen LogP contribution in [0.2, 0.25) is 0 Å². The van der Waals surface area contributed by atoms with Crippen LogP contribution in [-0.4, -0.2) is 45.8 Å². The van der Waals surface area contributed by atoms with E-state index in [2.05, 4.69) is 21.2 Å². The van der Waals surface area contributed by atoms with Crippen molar-refractivity contribution in [2.75, 3.05) is 24.5 Å². The monoisotopic (exact) mass is 334 g/mol. The van der Waals surface area contributed by atoms with E-state index in [0.29, 0.717) is 5.76 Å². The van der Waals surface area contributed by atoms with Gasteiger partial charge < -0.3 is 14.2 Å². The van der Waals surface area contributed by atoms with Gasteiger partial charge in [0.15, 0.2) is 5.76 Å². The van der Waals surface area contributed by atoms with E-state index < -0.39 is 0 Å². The second-order valence-corrected chi connectivity index (χ2v) is 6.67. The Bertz CT molecular complexity index is 681. The molecular weight excluding hydrogens is 312 g/mol. The zero-order chi connectivity index (χ0) is 16.4. The Morgan fingerprint density at radius 2 is 2.35 bits per heavy atom. The van der Waals surface area contributed by atoms with Crippen molar-refractivity contribution in [2.24, 2.45) is 0 Å². The van der Waals surface area contributed by atoms with Crippen LogP contribution in [0.15, 0.2) is 16.7 Å². The number of hydrogen-bond acceptors (Lipinski definition) is 6. The molecule has 7 heteroatoms. The van der Waals surface area contributed by atoms with Gasteiger partial charge in [-0.1, -0.05) is 6.92 Å². The SMILES string of the molecule is CCCN(C(=O)c1occc1C)C1CCN(c2nc(C)ns2)C1. The molecule has 0 saturated carbocycles. The molecule has 0 aromatic carbocycles. The highest BCUT2D eigenvalue weighted by molar-refractivity contribution is 7.09. The zero-order valence-corrected chi connectivity index (χ0v) is 14.6. The summed E-state index contributed by atoms with van der Waals surface area (Å²) in [6.07, 6.45) is 3.46. The predicted molar refractivity (Wildman–Crippen MR) is 90.0 cm³/mol. The van der Waals surface area contributed by atoms with Crippen LogP contribution in [0.25, 0.3) is 0 Å². The van der Waals surface area contributed by atoms with Crippen LogP contribution < -0.4 is 4.90 Å². The summed E-state index contributed by atoms with van der Waals surface area (Å²) in [6, 6.07) is 2.03. The molecule has 124 valence electrons. The highest BCUT2D eigenvalue weighted by Gasteiger charge is 2.33. The molecule has 1 amide bonds. The minimum Gasteiger partial charge on any atom is -0.459 e. The van der Waals surface area contributed by atoms with Gasteiger partial charge in [-0.3, -0.25) is 4.79 Å². The molecule has 1 saturated heterocycles. The first-order valence-corrected chi connectivity index (χ1v) is 8.77. The smallest absolute Gasteiger partial charge is 0.290 e. The number of hydrogen-bond donors (Lipinski definition) is 0. The lowest BCUT2D eigenvalue weighted by Gasteiger charge is -2.28. The van der Waals surface area contributed by atoms with E-state index in [4.69, 9.17) is 4.42 Å². The van der Waals surface area contributed by atoms with Gasteiger partial charge in [0, 0.05) is 36.7 Å². The van der Waals surface area contributed by atoms with Crippen molar-refractivity contribution in [3.63, 3.8) is 0 Å². The molecule has 1 unspecified atom stereocenters. The Morgan fingerprint density at radius 1 is 1.52 bits per heavy atom. The highest BCUT2D eigenvalue weighted by atomic mass is 32.1. The number of aryl methyl sites for hydroxylation is 2. The Balaban J connectivity index is 1.74. The molecule has 3 heterocycles. The van der Waals surface area contributed by atoms with Crippen molar-refractivity contribution in [1.29, 1.82) is 0 Å². The first-order valence-electron chi connectivity index (χ1n) is 8.00. The van der Waals surface area contributed by atoms with E-state index in [1.54, 1.807) is 6.26 Å². The number of carbonyl (C=O) groups excluding carboxylic acids is 1. The van der Waals surface area contributed by atoms with Gasteiger partial charge in [-0.2, -0.15) is 4.37 Å². The summed E-state index contributed by atoms with van der Waals surface area (Å²) in [4.78, 5) is 21.5. The van der Waals surface area contributed by atoms with E-state index in [1.807, 2.05) is 24.8 Å². The van der Waals surface area contributed by atoms with Crippen LogP contribution in [0.1, 0.15) is 41.7 Å². The van der Waals surface area contributed by atoms with Gasteiger partial charge in [-0.25, -0.2) is 4.98 Å². The summed E-state index contributed by atoms with van der Waals surface area (Å²) in [5.41, 5.74) is 0.894. The summed E-state index contributed by atoms with van der Waals surface area (Å²) in [7, 11) is 0. The second-order valence-electron chi connectivity index (χ2n) is 5.94. The molecule has 0 N–H and O–H groups in total. The van der Waals surface area contributed by atoms with Gasteiger partial charge in [0.25, 0.3) is 5.91 Å². The molecule has 2 aromatic rings. The average Bonchev–Trinajstić information content (AvgIpc) is 3.24. The van der Waals surface area contributed by atoms with E-state index >= 15 is 0 Å². The maximum Gasteiger partial charge on any atom is 0.290 e. The Morgan fingerprint density at radius 3 is 2.96 bits per heavy atom. The third kappa shape index (κ3) is 3.24. The largest absolute Gasteiger partial charge is 0.459 e. The summed E-state index contributed by atoms with van der Waals surface area (Å²) in [5.74, 6) is 1.26. The fourth-order valence-electron chi connectivity index (χ4n) is 3.00. The Labute approximate surface area is 140 Å². The van der Waals surface area contributed by atoms with Gasteiger partial charge in [0.05, 0.1) is 12.3 Å². The fourth-order valence-corrected chi connectivity index (χ4v) is 3.71. The van der Waals surface area contributed by atoms with Gasteiger partial charge in [-0.05, 0) is 32.8 Å². The van der Waals surface area contributed by atoms with Crippen molar-refractivity contribution in [3.05, 3.63) is 29.5 Å². The normalized spacial score (nSPS) is 17.7. The molecule has 2 aromatic heterocycles. The van der Waals surface area contributed by atoms with Gasteiger partial charge in [-0.15, -0.1) is 0 Å². The molecule has 1 aliphatic heterocycles. The van der Waals surface area contributed by atoms with Gasteiger partial charge in [0.2, 0.25) is 5.13 Å².